The van der Waals surface area contributed by atoms with Crippen LogP contribution in [-0.4, -0.2) is 43.0 Å². The monoisotopic (exact) mass is 367 g/mol. The predicted octanol–water partition coefficient (Wildman–Crippen LogP) is 2.12. The number of anilines is 1. The van der Waals surface area contributed by atoms with Crippen molar-refractivity contribution in [1.82, 2.24) is 4.90 Å². The van der Waals surface area contributed by atoms with Crippen molar-refractivity contribution < 1.29 is 14.3 Å². The molecule has 142 valence electrons. The van der Waals surface area contributed by atoms with Gasteiger partial charge in [0, 0.05) is 31.2 Å². The van der Waals surface area contributed by atoms with E-state index >= 15 is 0 Å². The van der Waals surface area contributed by atoms with Gasteiger partial charge in [-0.05, 0) is 23.3 Å². The van der Waals surface area contributed by atoms with Gasteiger partial charge in [-0.25, -0.2) is 0 Å². The van der Waals surface area contributed by atoms with E-state index < -0.39 is 0 Å². The van der Waals surface area contributed by atoms with Crippen molar-refractivity contribution in [3.63, 3.8) is 0 Å². The second-order valence-electron chi connectivity index (χ2n) is 6.64. The summed E-state index contributed by atoms with van der Waals surface area (Å²) in [7, 11) is 0. The van der Waals surface area contributed by atoms with E-state index in [2.05, 4.69) is 5.32 Å². The fourth-order valence-corrected chi connectivity index (χ4v) is 3.03. The van der Waals surface area contributed by atoms with Gasteiger partial charge in [-0.1, -0.05) is 42.5 Å². The Labute approximate surface area is 159 Å². The first-order valence-electron chi connectivity index (χ1n) is 9.16. The van der Waals surface area contributed by atoms with Crippen LogP contribution >= 0.6 is 0 Å². The third-order valence-electron chi connectivity index (χ3n) is 4.59. The number of nitrogens with two attached hydrogens (primary N) is 1. The van der Waals surface area contributed by atoms with Gasteiger partial charge >= 0.3 is 0 Å². The molecular weight excluding hydrogens is 342 g/mol. The molecule has 1 saturated heterocycles. The van der Waals surface area contributed by atoms with Gasteiger partial charge in [0.15, 0.2) is 0 Å². The van der Waals surface area contributed by atoms with Gasteiger partial charge < -0.3 is 20.7 Å². The molecule has 3 N–H and O–H groups in total. The summed E-state index contributed by atoms with van der Waals surface area (Å²) in [5.41, 5.74) is 8.64. The van der Waals surface area contributed by atoms with Gasteiger partial charge in [0.25, 0.3) is 0 Å². The summed E-state index contributed by atoms with van der Waals surface area (Å²) >= 11 is 0. The highest BCUT2D eigenvalue weighted by Gasteiger charge is 2.17. The summed E-state index contributed by atoms with van der Waals surface area (Å²) in [6, 6.07) is 16.6. The Morgan fingerprint density at radius 1 is 1.04 bits per heavy atom. The van der Waals surface area contributed by atoms with Crippen LogP contribution in [0, 0.1) is 0 Å². The van der Waals surface area contributed by atoms with Crippen LogP contribution in [0.25, 0.3) is 0 Å². The third kappa shape index (κ3) is 5.64. The maximum Gasteiger partial charge on any atom is 0.227 e. The summed E-state index contributed by atoms with van der Waals surface area (Å²) in [6.07, 6.45) is 0.564. The lowest BCUT2D eigenvalue weighted by Crippen LogP contribution is -2.41. The molecule has 2 aromatic rings. The molecule has 0 spiro atoms. The number of ether oxygens (including phenoxy) is 1. The van der Waals surface area contributed by atoms with Crippen LogP contribution in [0.2, 0.25) is 0 Å². The average Bonchev–Trinajstić information content (AvgIpc) is 2.70. The summed E-state index contributed by atoms with van der Waals surface area (Å²) in [5.74, 6) is -0.0348. The molecule has 3 rings (SSSR count). The quantitative estimate of drug-likeness (QED) is 0.819. The lowest BCUT2D eigenvalue weighted by Gasteiger charge is -2.26. The number of hydrogen-bond acceptors (Lipinski definition) is 4. The fraction of sp³-hybridized carbons (Fsp3) is 0.333. The molecule has 1 unspecified atom stereocenters. The Bertz CT molecular complexity index is 756. The number of nitrogens with one attached hydrogen (secondary N) is 1. The lowest BCUT2D eigenvalue weighted by atomic mass is 10.0. The average molecular weight is 367 g/mol. The van der Waals surface area contributed by atoms with Crippen LogP contribution in [-0.2, 0) is 20.7 Å². The zero-order valence-electron chi connectivity index (χ0n) is 15.3. The molecule has 1 aliphatic rings. The molecule has 2 amide bonds. The third-order valence-corrected chi connectivity index (χ3v) is 4.59. The second kappa shape index (κ2) is 9.30. The second-order valence-corrected chi connectivity index (χ2v) is 6.64. The number of morpholine rings is 1. The minimum absolute atomic E-state index is 0.101. The fourth-order valence-electron chi connectivity index (χ4n) is 3.03. The molecule has 0 radical (unpaired) electrons. The van der Waals surface area contributed by atoms with Crippen molar-refractivity contribution in [2.75, 3.05) is 31.6 Å². The molecule has 2 aromatic carbocycles. The summed E-state index contributed by atoms with van der Waals surface area (Å²) in [6.45, 7) is 2.49. The molecule has 6 nitrogen and oxygen atoms in total. The van der Waals surface area contributed by atoms with Crippen molar-refractivity contribution in [3.05, 3.63) is 65.7 Å². The number of nitrogens with zero attached hydrogens (tertiary/aromatic N) is 1. The number of benzene rings is 2. The Kier molecular flexibility index (Phi) is 6.57. The molecule has 1 atom stereocenters. The molecule has 6 heteroatoms. The number of rotatable bonds is 6. The Morgan fingerprint density at radius 2 is 1.70 bits per heavy atom. The lowest BCUT2D eigenvalue weighted by molar-refractivity contribution is -0.134. The molecular formula is C21H25N3O3. The highest BCUT2D eigenvalue weighted by Crippen LogP contribution is 2.16. The van der Waals surface area contributed by atoms with Crippen molar-refractivity contribution in [3.8, 4) is 0 Å². The van der Waals surface area contributed by atoms with Gasteiger partial charge in [-0.15, -0.1) is 0 Å². The van der Waals surface area contributed by atoms with E-state index in [1.165, 1.54) is 0 Å². The van der Waals surface area contributed by atoms with Crippen LogP contribution in [0.5, 0.6) is 0 Å². The standard InChI is InChI=1S/C21H25N3O3/c22-19(17-4-2-1-3-5-17)15-20(25)23-18-8-6-16(7-9-18)14-21(26)24-10-12-27-13-11-24/h1-9,19H,10-15,22H2,(H,23,25). The molecule has 1 fully saturated rings. The van der Waals surface area contributed by atoms with Crippen LogP contribution < -0.4 is 11.1 Å². The first kappa shape index (κ1) is 19.1. The van der Waals surface area contributed by atoms with E-state index in [0.29, 0.717) is 38.4 Å². The highest BCUT2D eigenvalue weighted by atomic mass is 16.5. The predicted molar refractivity (Wildman–Crippen MR) is 104 cm³/mol. The normalized spacial score (nSPS) is 15.2. The maximum atomic E-state index is 12.3. The highest BCUT2D eigenvalue weighted by molar-refractivity contribution is 5.91. The Morgan fingerprint density at radius 3 is 2.37 bits per heavy atom. The number of hydrogen-bond donors (Lipinski definition) is 2. The summed E-state index contributed by atoms with van der Waals surface area (Å²) in [5, 5.41) is 2.86. The first-order valence-corrected chi connectivity index (χ1v) is 9.16. The van der Waals surface area contributed by atoms with Crippen molar-refractivity contribution in [2.24, 2.45) is 5.73 Å². The van der Waals surface area contributed by atoms with E-state index in [1.54, 1.807) is 0 Å². The van der Waals surface area contributed by atoms with Crippen molar-refractivity contribution in [1.29, 1.82) is 0 Å². The minimum Gasteiger partial charge on any atom is -0.378 e. The van der Waals surface area contributed by atoms with E-state index in [1.807, 2.05) is 59.5 Å². The summed E-state index contributed by atoms with van der Waals surface area (Å²) in [4.78, 5) is 26.3. The van der Waals surface area contributed by atoms with E-state index in [4.69, 9.17) is 10.5 Å². The van der Waals surface area contributed by atoms with Crippen molar-refractivity contribution >= 4 is 17.5 Å². The number of carbonyl (C=O) groups excluding carboxylic acids is 2. The van der Waals surface area contributed by atoms with Gasteiger partial charge in [0.05, 0.1) is 19.6 Å². The van der Waals surface area contributed by atoms with E-state index in [0.717, 1.165) is 11.1 Å². The Hall–Kier alpha value is -2.70. The van der Waals surface area contributed by atoms with E-state index in [-0.39, 0.29) is 24.3 Å². The van der Waals surface area contributed by atoms with Crippen LogP contribution in [0.4, 0.5) is 5.69 Å². The maximum absolute atomic E-state index is 12.3. The van der Waals surface area contributed by atoms with Crippen LogP contribution in [0.3, 0.4) is 0 Å². The molecule has 0 aliphatic carbocycles. The molecule has 0 bridgehead atoms. The molecule has 1 heterocycles. The largest absolute Gasteiger partial charge is 0.378 e. The first-order chi connectivity index (χ1) is 13.1. The molecule has 0 aromatic heterocycles. The number of amides is 2. The summed E-state index contributed by atoms with van der Waals surface area (Å²) < 4.78 is 5.27. The zero-order valence-corrected chi connectivity index (χ0v) is 15.3. The minimum atomic E-state index is -0.336. The van der Waals surface area contributed by atoms with Crippen molar-refractivity contribution in [2.45, 2.75) is 18.9 Å². The number of carbonyl (C=O) groups is 2. The molecule has 0 saturated carbocycles. The van der Waals surface area contributed by atoms with E-state index in [9.17, 15) is 9.59 Å². The molecule has 27 heavy (non-hydrogen) atoms. The van der Waals surface area contributed by atoms with Gasteiger partial charge in [0.2, 0.25) is 11.8 Å². The topological polar surface area (TPSA) is 84.7 Å². The van der Waals surface area contributed by atoms with Gasteiger partial charge in [-0.3, -0.25) is 9.59 Å². The molecule has 1 aliphatic heterocycles. The smallest absolute Gasteiger partial charge is 0.227 e. The van der Waals surface area contributed by atoms with Crippen LogP contribution in [0.15, 0.2) is 54.6 Å². The van der Waals surface area contributed by atoms with Crippen LogP contribution in [0.1, 0.15) is 23.6 Å². The Balaban J connectivity index is 1.49. The SMILES string of the molecule is NC(CC(=O)Nc1ccc(CC(=O)N2CCOCC2)cc1)c1ccccc1. The van der Waals surface area contributed by atoms with Gasteiger partial charge in [0.1, 0.15) is 0 Å². The van der Waals surface area contributed by atoms with Gasteiger partial charge in [-0.2, -0.15) is 0 Å². The zero-order chi connectivity index (χ0) is 19.1.